The lowest BCUT2D eigenvalue weighted by atomic mass is 10.1. The van der Waals surface area contributed by atoms with Crippen molar-refractivity contribution in [3.05, 3.63) is 47.3 Å². The van der Waals surface area contributed by atoms with Crippen molar-refractivity contribution in [3.8, 4) is 11.5 Å². The SMILES string of the molecule is CCOC(=O)c1cc(C(=O)OCC)n(CC(=O)c2ccc3c(c2)OCCO3)c1. The largest absolute Gasteiger partial charge is 0.486 e. The second-order valence-electron chi connectivity index (χ2n) is 5.96. The molecule has 0 aliphatic carbocycles. The first-order valence-corrected chi connectivity index (χ1v) is 9.00. The molecule has 8 heteroatoms. The number of rotatable bonds is 7. The molecule has 8 nitrogen and oxygen atoms in total. The van der Waals surface area contributed by atoms with Gasteiger partial charge >= 0.3 is 11.9 Å². The number of benzene rings is 1. The molecule has 1 aliphatic heterocycles. The normalized spacial score (nSPS) is 12.4. The highest BCUT2D eigenvalue weighted by molar-refractivity contribution is 5.99. The molecule has 1 aliphatic rings. The third-order valence-corrected chi connectivity index (χ3v) is 4.07. The summed E-state index contributed by atoms with van der Waals surface area (Å²) < 4.78 is 22.3. The van der Waals surface area contributed by atoms with Crippen LogP contribution < -0.4 is 9.47 Å². The minimum Gasteiger partial charge on any atom is -0.486 e. The summed E-state index contributed by atoms with van der Waals surface area (Å²) in [7, 11) is 0. The molecule has 0 bridgehead atoms. The Morgan fingerprint density at radius 3 is 2.32 bits per heavy atom. The van der Waals surface area contributed by atoms with E-state index in [0.717, 1.165) is 0 Å². The van der Waals surface area contributed by atoms with Crippen molar-refractivity contribution in [2.45, 2.75) is 20.4 Å². The molecule has 0 N–H and O–H groups in total. The van der Waals surface area contributed by atoms with Gasteiger partial charge in [-0.25, -0.2) is 9.59 Å². The number of ether oxygens (including phenoxy) is 4. The number of aromatic nitrogens is 1. The van der Waals surface area contributed by atoms with Gasteiger partial charge in [-0.1, -0.05) is 0 Å². The predicted molar refractivity (Wildman–Crippen MR) is 98.1 cm³/mol. The molecule has 0 spiro atoms. The second-order valence-corrected chi connectivity index (χ2v) is 5.96. The molecule has 1 aromatic carbocycles. The highest BCUT2D eigenvalue weighted by atomic mass is 16.6. The molecule has 2 heterocycles. The average Bonchev–Trinajstić information content (AvgIpc) is 3.12. The number of carbonyl (C=O) groups excluding carboxylic acids is 3. The van der Waals surface area contributed by atoms with Crippen molar-refractivity contribution < 1.29 is 33.3 Å². The average molecular weight is 387 g/mol. The Hall–Kier alpha value is -3.29. The van der Waals surface area contributed by atoms with Gasteiger partial charge in [-0.2, -0.15) is 0 Å². The summed E-state index contributed by atoms with van der Waals surface area (Å²) in [5.41, 5.74) is 0.695. The van der Waals surface area contributed by atoms with Gasteiger partial charge in [-0.05, 0) is 38.1 Å². The molecule has 0 unspecified atom stereocenters. The van der Waals surface area contributed by atoms with E-state index >= 15 is 0 Å². The van der Waals surface area contributed by atoms with Crippen LogP contribution in [0.25, 0.3) is 0 Å². The number of hydrogen-bond donors (Lipinski definition) is 0. The first-order chi connectivity index (χ1) is 13.5. The molecule has 0 saturated carbocycles. The number of nitrogens with zero attached hydrogens (tertiary/aromatic N) is 1. The summed E-state index contributed by atoms with van der Waals surface area (Å²) in [4.78, 5) is 37.0. The lowest BCUT2D eigenvalue weighted by Crippen LogP contribution is -2.18. The summed E-state index contributed by atoms with van der Waals surface area (Å²) in [6.07, 6.45) is 1.42. The summed E-state index contributed by atoms with van der Waals surface area (Å²) in [6.45, 7) is 4.47. The van der Waals surface area contributed by atoms with Gasteiger partial charge in [0.05, 0.1) is 25.3 Å². The monoisotopic (exact) mass is 387 g/mol. The van der Waals surface area contributed by atoms with Crippen molar-refractivity contribution in [2.24, 2.45) is 0 Å². The molecular weight excluding hydrogens is 366 g/mol. The molecule has 0 radical (unpaired) electrons. The maximum atomic E-state index is 12.8. The van der Waals surface area contributed by atoms with Gasteiger partial charge in [-0.15, -0.1) is 0 Å². The van der Waals surface area contributed by atoms with Crippen LogP contribution in [0.3, 0.4) is 0 Å². The van der Waals surface area contributed by atoms with Gasteiger partial charge in [0.2, 0.25) is 0 Å². The van der Waals surface area contributed by atoms with Crippen LogP contribution in [0.2, 0.25) is 0 Å². The fraction of sp³-hybridized carbons (Fsp3) is 0.350. The Morgan fingerprint density at radius 2 is 1.61 bits per heavy atom. The van der Waals surface area contributed by atoms with Gasteiger partial charge in [0.15, 0.2) is 17.3 Å². The van der Waals surface area contributed by atoms with E-state index in [2.05, 4.69) is 0 Å². The van der Waals surface area contributed by atoms with E-state index in [9.17, 15) is 14.4 Å². The molecular formula is C20H21NO7. The fourth-order valence-electron chi connectivity index (χ4n) is 2.81. The zero-order chi connectivity index (χ0) is 20.1. The third-order valence-electron chi connectivity index (χ3n) is 4.07. The highest BCUT2D eigenvalue weighted by Gasteiger charge is 2.22. The third kappa shape index (κ3) is 4.16. The van der Waals surface area contributed by atoms with Crippen LogP contribution in [0, 0.1) is 0 Å². The zero-order valence-electron chi connectivity index (χ0n) is 15.7. The molecule has 1 aromatic heterocycles. The number of esters is 2. The van der Waals surface area contributed by atoms with Crippen LogP contribution in [0.5, 0.6) is 11.5 Å². The molecule has 3 rings (SSSR count). The van der Waals surface area contributed by atoms with Crippen LogP contribution in [-0.4, -0.2) is 48.7 Å². The van der Waals surface area contributed by atoms with Gasteiger partial charge in [0.1, 0.15) is 18.9 Å². The molecule has 148 valence electrons. The van der Waals surface area contributed by atoms with Crippen LogP contribution in [-0.2, 0) is 16.0 Å². The van der Waals surface area contributed by atoms with E-state index < -0.39 is 11.9 Å². The Balaban J connectivity index is 1.86. The van der Waals surface area contributed by atoms with E-state index in [-0.39, 0.29) is 36.8 Å². The lowest BCUT2D eigenvalue weighted by Gasteiger charge is -2.18. The van der Waals surface area contributed by atoms with Gasteiger partial charge < -0.3 is 23.5 Å². The number of ketones is 1. The van der Waals surface area contributed by atoms with Crippen LogP contribution in [0.15, 0.2) is 30.5 Å². The minimum absolute atomic E-state index is 0.107. The Bertz CT molecular complexity index is 900. The topological polar surface area (TPSA) is 93.1 Å². The Kier molecular flexibility index (Phi) is 5.98. The van der Waals surface area contributed by atoms with Crippen molar-refractivity contribution >= 4 is 17.7 Å². The Morgan fingerprint density at radius 1 is 0.929 bits per heavy atom. The Labute approximate surface area is 161 Å². The minimum atomic E-state index is -0.618. The van der Waals surface area contributed by atoms with E-state index in [1.54, 1.807) is 32.0 Å². The lowest BCUT2D eigenvalue weighted by molar-refractivity contribution is 0.0512. The summed E-state index contributed by atoms with van der Waals surface area (Å²) >= 11 is 0. The van der Waals surface area contributed by atoms with Crippen molar-refractivity contribution in [3.63, 3.8) is 0 Å². The quantitative estimate of drug-likeness (QED) is 0.532. The van der Waals surface area contributed by atoms with Crippen molar-refractivity contribution in [2.75, 3.05) is 26.4 Å². The predicted octanol–water partition coefficient (Wildman–Crippen LogP) is 2.50. The molecule has 0 saturated heterocycles. The molecule has 0 amide bonds. The van der Waals surface area contributed by atoms with Gasteiger partial charge in [-0.3, -0.25) is 4.79 Å². The zero-order valence-corrected chi connectivity index (χ0v) is 15.7. The maximum Gasteiger partial charge on any atom is 0.354 e. The second kappa shape index (κ2) is 8.60. The van der Waals surface area contributed by atoms with Gasteiger partial charge in [0, 0.05) is 11.8 Å². The first-order valence-electron chi connectivity index (χ1n) is 9.00. The summed E-state index contributed by atoms with van der Waals surface area (Å²) in [5, 5.41) is 0. The highest BCUT2D eigenvalue weighted by Crippen LogP contribution is 2.31. The molecule has 2 aromatic rings. The van der Waals surface area contributed by atoms with Gasteiger partial charge in [0.25, 0.3) is 0 Å². The number of Topliss-reactive ketones (excluding diaryl/α,β-unsaturated/α-hetero) is 1. The van der Waals surface area contributed by atoms with Crippen LogP contribution >= 0.6 is 0 Å². The van der Waals surface area contributed by atoms with E-state index in [1.165, 1.54) is 16.8 Å². The first kappa shape index (κ1) is 19.5. The van der Waals surface area contributed by atoms with Crippen LogP contribution in [0.4, 0.5) is 0 Å². The van der Waals surface area contributed by atoms with E-state index in [1.807, 2.05) is 0 Å². The fourth-order valence-corrected chi connectivity index (χ4v) is 2.81. The standard InChI is InChI=1S/C20H21NO7/c1-3-25-19(23)14-9-15(20(24)26-4-2)21(11-14)12-16(22)13-5-6-17-18(10-13)28-8-7-27-17/h5-6,9-11H,3-4,7-8,12H2,1-2H3. The van der Waals surface area contributed by atoms with E-state index in [4.69, 9.17) is 18.9 Å². The number of fused-ring (bicyclic) bond motifs is 1. The maximum absolute atomic E-state index is 12.8. The smallest absolute Gasteiger partial charge is 0.354 e. The summed E-state index contributed by atoms with van der Waals surface area (Å²) in [5.74, 6) is -0.358. The van der Waals surface area contributed by atoms with Crippen LogP contribution in [0.1, 0.15) is 45.1 Å². The van der Waals surface area contributed by atoms with E-state index in [0.29, 0.717) is 30.3 Å². The molecule has 0 fully saturated rings. The molecule has 0 atom stereocenters. The number of carbonyl (C=O) groups is 3. The molecule has 28 heavy (non-hydrogen) atoms. The summed E-state index contributed by atoms with van der Waals surface area (Å²) in [6, 6.07) is 6.28. The van der Waals surface area contributed by atoms with Crippen molar-refractivity contribution in [1.82, 2.24) is 4.57 Å². The number of hydrogen-bond acceptors (Lipinski definition) is 7. The van der Waals surface area contributed by atoms with Crippen molar-refractivity contribution in [1.29, 1.82) is 0 Å².